The summed E-state index contributed by atoms with van der Waals surface area (Å²) in [5.74, 6) is 1.22. The van der Waals surface area contributed by atoms with Crippen molar-refractivity contribution in [3.63, 3.8) is 0 Å². The van der Waals surface area contributed by atoms with E-state index >= 15 is 0 Å². The number of nitrogens with two attached hydrogens (primary N) is 3. The number of nitrogen functional groups attached to an aromatic ring is 1. The Morgan fingerprint density at radius 3 is 2.65 bits per heavy atom. The molecule has 0 saturated heterocycles. The lowest BCUT2D eigenvalue weighted by molar-refractivity contribution is 0.107. The van der Waals surface area contributed by atoms with E-state index in [9.17, 15) is 0 Å². The summed E-state index contributed by atoms with van der Waals surface area (Å²) in [6.45, 7) is 6.08. The Labute approximate surface area is 186 Å². The topological polar surface area (TPSA) is 152 Å². The summed E-state index contributed by atoms with van der Waals surface area (Å²) in [5, 5.41) is 14.9. The van der Waals surface area contributed by atoms with Crippen LogP contribution in [0, 0.1) is 5.41 Å². The normalized spacial score (nSPS) is 13.3. The molecule has 0 spiro atoms. The van der Waals surface area contributed by atoms with Crippen molar-refractivity contribution < 1.29 is 9.57 Å². The van der Waals surface area contributed by atoms with Gasteiger partial charge in [-0.2, -0.15) is 0 Å². The third kappa shape index (κ3) is 6.06. The molecule has 0 fully saturated rings. The fourth-order valence-electron chi connectivity index (χ4n) is 3.29. The maximum Gasteiger partial charge on any atom is 0.194 e. The highest BCUT2D eigenvalue weighted by Gasteiger charge is 2.24. The van der Waals surface area contributed by atoms with Gasteiger partial charge in [-0.1, -0.05) is 11.2 Å². The molecule has 2 aromatic rings. The lowest BCUT2D eigenvalue weighted by Gasteiger charge is -2.30. The molecule has 168 valence electrons. The first-order chi connectivity index (χ1) is 15.0. The van der Waals surface area contributed by atoms with Crippen LogP contribution < -0.4 is 21.9 Å². The summed E-state index contributed by atoms with van der Waals surface area (Å²) in [5.41, 5.74) is 20.7. The van der Waals surface area contributed by atoms with Crippen LogP contribution in [0.3, 0.4) is 0 Å². The molecular weight excluding hydrogens is 416 g/mol. The van der Waals surface area contributed by atoms with Gasteiger partial charge in [-0.15, -0.1) is 11.3 Å². The number of guanidine groups is 1. The van der Waals surface area contributed by atoms with Gasteiger partial charge in [0.25, 0.3) is 0 Å². The monoisotopic (exact) mass is 446 g/mol. The molecule has 1 aromatic heterocycles. The molecule has 0 amide bonds. The number of anilines is 1. The zero-order chi connectivity index (χ0) is 22.2. The van der Waals surface area contributed by atoms with Crippen LogP contribution in [0.15, 0.2) is 28.7 Å². The highest BCUT2D eigenvalue weighted by atomic mass is 32.1. The summed E-state index contributed by atoms with van der Waals surface area (Å²) >= 11 is 1.37. The van der Waals surface area contributed by atoms with Crippen molar-refractivity contribution in [3.8, 4) is 5.75 Å². The second-order valence-electron chi connectivity index (χ2n) is 7.10. The molecule has 1 aliphatic rings. The summed E-state index contributed by atoms with van der Waals surface area (Å²) in [6.07, 6.45) is 0. The number of hydrogen-bond donors (Lipinski definition) is 4. The van der Waals surface area contributed by atoms with Crippen LogP contribution >= 0.6 is 11.3 Å². The number of thiazole rings is 1. The highest BCUT2D eigenvalue weighted by Crippen LogP contribution is 2.27. The number of hydrogen-bond acceptors (Lipinski definition) is 9. The van der Waals surface area contributed by atoms with Crippen LogP contribution in [0.2, 0.25) is 0 Å². The van der Waals surface area contributed by atoms with E-state index in [0.29, 0.717) is 75.0 Å². The molecule has 7 N–H and O–H groups in total. The molecule has 0 saturated carbocycles. The number of benzene rings is 1. The number of aromatic nitrogens is 1. The van der Waals surface area contributed by atoms with Gasteiger partial charge in [0.2, 0.25) is 0 Å². The summed E-state index contributed by atoms with van der Waals surface area (Å²) < 4.78 is 5.80. The van der Waals surface area contributed by atoms with E-state index in [0.717, 1.165) is 11.3 Å². The molecule has 1 aromatic carbocycles. The molecule has 0 bridgehead atoms. The second-order valence-corrected chi connectivity index (χ2v) is 7.99. The fraction of sp³-hybridized carbons (Fsp3) is 0.450. The zero-order valence-electron chi connectivity index (χ0n) is 17.7. The first kappa shape index (κ1) is 22.8. The van der Waals surface area contributed by atoms with E-state index in [-0.39, 0.29) is 0 Å². The minimum absolute atomic E-state index is 0.317. The van der Waals surface area contributed by atoms with Crippen molar-refractivity contribution in [1.82, 2.24) is 14.8 Å². The first-order valence-electron chi connectivity index (χ1n) is 10.1. The van der Waals surface area contributed by atoms with Crippen molar-refractivity contribution >= 4 is 28.1 Å². The number of oxime groups is 1. The van der Waals surface area contributed by atoms with E-state index in [1.54, 1.807) is 0 Å². The van der Waals surface area contributed by atoms with Gasteiger partial charge in [-0.25, -0.2) is 4.98 Å². The minimum atomic E-state index is 0.317. The SMILES string of the molecule is C/C(=N\OCCOc1ccc2c(c1)CN(C(=N)N(CCN)CCN)C2)c1csc(N)n1. The Hall–Kier alpha value is -2.89. The van der Waals surface area contributed by atoms with Crippen molar-refractivity contribution in [2.45, 2.75) is 20.0 Å². The van der Waals surface area contributed by atoms with Gasteiger partial charge in [0.05, 0.1) is 0 Å². The van der Waals surface area contributed by atoms with E-state index in [4.69, 9.17) is 32.2 Å². The van der Waals surface area contributed by atoms with Crippen molar-refractivity contribution in [3.05, 3.63) is 40.4 Å². The average Bonchev–Trinajstić information content (AvgIpc) is 3.38. The maximum absolute atomic E-state index is 8.50. The molecule has 11 heteroatoms. The molecule has 0 aliphatic carbocycles. The second kappa shape index (κ2) is 10.9. The van der Waals surface area contributed by atoms with Gasteiger partial charge < -0.3 is 36.6 Å². The number of rotatable bonds is 10. The lowest BCUT2D eigenvalue weighted by Crippen LogP contribution is -2.45. The molecule has 0 unspecified atom stereocenters. The van der Waals surface area contributed by atoms with Crippen molar-refractivity contribution in [1.29, 1.82) is 5.41 Å². The number of fused-ring (bicyclic) bond motifs is 1. The Balaban J connectivity index is 1.47. The first-order valence-corrected chi connectivity index (χ1v) is 11.0. The molecule has 3 rings (SSSR count). The minimum Gasteiger partial charge on any atom is -0.490 e. The molecule has 2 heterocycles. The van der Waals surface area contributed by atoms with Crippen LogP contribution in [0.25, 0.3) is 0 Å². The van der Waals surface area contributed by atoms with Gasteiger partial charge in [0.1, 0.15) is 23.8 Å². The number of nitrogens with zero attached hydrogens (tertiary/aromatic N) is 4. The fourth-order valence-corrected chi connectivity index (χ4v) is 3.89. The maximum atomic E-state index is 8.50. The Morgan fingerprint density at radius 1 is 1.23 bits per heavy atom. The van der Waals surface area contributed by atoms with Crippen LogP contribution in [0.1, 0.15) is 23.7 Å². The zero-order valence-corrected chi connectivity index (χ0v) is 18.5. The van der Waals surface area contributed by atoms with Gasteiger partial charge >= 0.3 is 0 Å². The third-order valence-corrected chi connectivity index (χ3v) is 5.51. The van der Waals surface area contributed by atoms with E-state index in [2.05, 4.69) is 10.1 Å². The Bertz CT molecular complexity index is 910. The third-order valence-electron chi connectivity index (χ3n) is 4.83. The summed E-state index contributed by atoms with van der Waals surface area (Å²) in [7, 11) is 0. The van der Waals surface area contributed by atoms with Crippen LogP contribution in [-0.4, -0.2) is 65.8 Å². The van der Waals surface area contributed by atoms with E-state index < -0.39 is 0 Å². The predicted molar refractivity (Wildman–Crippen MR) is 123 cm³/mol. The van der Waals surface area contributed by atoms with Crippen LogP contribution in [-0.2, 0) is 17.9 Å². The summed E-state index contributed by atoms with van der Waals surface area (Å²) in [6, 6.07) is 6.01. The number of nitrogens with one attached hydrogen (secondary N) is 1. The van der Waals surface area contributed by atoms with Crippen LogP contribution in [0.5, 0.6) is 5.75 Å². The quantitative estimate of drug-likeness (QED) is 0.183. The largest absolute Gasteiger partial charge is 0.490 e. The molecule has 0 atom stereocenters. The lowest BCUT2D eigenvalue weighted by atomic mass is 10.1. The van der Waals surface area contributed by atoms with E-state index in [1.807, 2.05) is 40.3 Å². The van der Waals surface area contributed by atoms with Gasteiger partial charge in [-0.05, 0) is 30.2 Å². The Morgan fingerprint density at radius 2 is 1.97 bits per heavy atom. The highest BCUT2D eigenvalue weighted by molar-refractivity contribution is 7.13. The van der Waals surface area contributed by atoms with Gasteiger partial charge in [-0.3, -0.25) is 5.41 Å². The molecular formula is C20H30N8O2S. The van der Waals surface area contributed by atoms with Crippen molar-refractivity contribution in [2.24, 2.45) is 16.6 Å². The van der Waals surface area contributed by atoms with E-state index in [1.165, 1.54) is 16.9 Å². The molecule has 10 nitrogen and oxygen atoms in total. The van der Waals surface area contributed by atoms with Crippen LogP contribution in [0.4, 0.5) is 5.13 Å². The van der Waals surface area contributed by atoms with Crippen molar-refractivity contribution in [2.75, 3.05) is 45.1 Å². The average molecular weight is 447 g/mol. The molecule has 0 radical (unpaired) electrons. The smallest absolute Gasteiger partial charge is 0.194 e. The molecule has 31 heavy (non-hydrogen) atoms. The number of ether oxygens (including phenoxy) is 1. The molecule has 1 aliphatic heterocycles. The summed E-state index contributed by atoms with van der Waals surface area (Å²) in [4.78, 5) is 13.4. The van der Waals surface area contributed by atoms with Gasteiger partial charge in [0.15, 0.2) is 17.7 Å². The Kier molecular flexibility index (Phi) is 8.04. The van der Waals surface area contributed by atoms with Gasteiger partial charge in [0, 0.05) is 44.6 Å². The standard InChI is InChI=1S/C20H30N8O2S/c1-14(18-13-31-19(23)25-18)26-30-9-8-29-17-3-2-15-11-28(12-16(15)10-17)20(24)27(6-4-21)7-5-22/h2-3,10,13,24H,4-9,11-12,21-22H2,1H3,(H2,23,25)/b24-20?,26-14+. The predicted octanol–water partition coefficient (Wildman–Crippen LogP) is 1.01.